The fourth-order valence-corrected chi connectivity index (χ4v) is 2.42. The second-order valence-electron chi connectivity index (χ2n) is 5.81. The Labute approximate surface area is 156 Å². The van der Waals surface area contributed by atoms with Crippen molar-refractivity contribution in [2.75, 3.05) is 18.9 Å². The van der Waals surface area contributed by atoms with Crippen molar-refractivity contribution in [2.24, 2.45) is 0 Å². The number of rotatable bonds is 8. The number of nitro benzene ring substituents is 1. The third-order valence-corrected chi connectivity index (χ3v) is 3.91. The maximum atomic E-state index is 12.2. The van der Waals surface area contributed by atoms with Crippen LogP contribution in [0.2, 0.25) is 0 Å². The van der Waals surface area contributed by atoms with Crippen molar-refractivity contribution in [3.63, 3.8) is 0 Å². The largest absolute Gasteiger partial charge is 0.449 e. The summed E-state index contributed by atoms with van der Waals surface area (Å²) < 4.78 is 5.12. The number of carbonyl (C=O) groups excluding carboxylic acids is 2. The summed E-state index contributed by atoms with van der Waals surface area (Å²) in [5, 5.41) is 16.5. The minimum absolute atomic E-state index is 0.00429. The van der Waals surface area contributed by atoms with E-state index in [0.717, 1.165) is 11.6 Å². The van der Waals surface area contributed by atoms with Crippen molar-refractivity contribution >= 4 is 23.3 Å². The van der Waals surface area contributed by atoms with E-state index in [9.17, 15) is 19.7 Å². The van der Waals surface area contributed by atoms with Crippen LogP contribution in [0, 0.1) is 10.1 Å². The van der Waals surface area contributed by atoms with Gasteiger partial charge in [-0.1, -0.05) is 30.3 Å². The van der Waals surface area contributed by atoms with E-state index in [0.29, 0.717) is 13.0 Å². The zero-order valence-electron chi connectivity index (χ0n) is 15.1. The summed E-state index contributed by atoms with van der Waals surface area (Å²) in [6, 6.07) is 13.6. The van der Waals surface area contributed by atoms with E-state index in [4.69, 9.17) is 4.74 Å². The number of nitro groups is 1. The number of hydrogen-bond acceptors (Lipinski definition) is 6. The Balaban J connectivity index is 1.91. The third kappa shape index (κ3) is 5.53. The maximum Gasteiger partial charge on any atom is 0.339 e. The van der Waals surface area contributed by atoms with Gasteiger partial charge in [0, 0.05) is 19.7 Å². The lowest BCUT2D eigenvalue weighted by atomic mass is 10.1. The molecular weight excluding hydrogens is 350 g/mol. The van der Waals surface area contributed by atoms with Gasteiger partial charge in [-0.25, -0.2) is 4.79 Å². The Bertz CT molecular complexity index is 823. The summed E-state index contributed by atoms with van der Waals surface area (Å²) >= 11 is 0. The highest BCUT2D eigenvalue weighted by atomic mass is 16.6. The SMILES string of the molecule is CNc1ccc(C(=O)OC(C)C(=O)NCCc2ccccc2)cc1[N+](=O)[O-]. The average molecular weight is 371 g/mol. The van der Waals surface area contributed by atoms with Crippen molar-refractivity contribution in [3.05, 3.63) is 69.8 Å². The molecular formula is C19H21N3O5. The zero-order valence-corrected chi connectivity index (χ0v) is 15.1. The van der Waals surface area contributed by atoms with E-state index in [1.54, 1.807) is 7.05 Å². The smallest absolute Gasteiger partial charge is 0.339 e. The molecule has 0 radical (unpaired) electrons. The summed E-state index contributed by atoms with van der Waals surface area (Å²) in [6.45, 7) is 1.86. The van der Waals surface area contributed by atoms with Gasteiger partial charge in [0.25, 0.3) is 11.6 Å². The second-order valence-corrected chi connectivity index (χ2v) is 5.81. The highest BCUT2D eigenvalue weighted by molar-refractivity contribution is 5.93. The van der Waals surface area contributed by atoms with Gasteiger partial charge in [-0.3, -0.25) is 14.9 Å². The summed E-state index contributed by atoms with van der Waals surface area (Å²) in [5.74, 6) is -1.23. The van der Waals surface area contributed by atoms with Gasteiger partial charge >= 0.3 is 5.97 Å². The van der Waals surface area contributed by atoms with Gasteiger partial charge in [0.05, 0.1) is 10.5 Å². The molecule has 0 heterocycles. The average Bonchev–Trinajstić information content (AvgIpc) is 2.67. The van der Waals surface area contributed by atoms with Crippen LogP contribution in [0.4, 0.5) is 11.4 Å². The van der Waals surface area contributed by atoms with Crippen LogP contribution in [-0.4, -0.2) is 36.5 Å². The highest BCUT2D eigenvalue weighted by Gasteiger charge is 2.21. The number of ether oxygens (including phenoxy) is 1. The topological polar surface area (TPSA) is 111 Å². The lowest BCUT2D eigenvalue weighted by molar-refractivity contribution is -0.384. The van der Waals surface area contributed by atoms with Crippen LogP contribution in [-0.2, 0) is 16.0 Å². The predicted octanol–water partition coefficient (Wildman–Crippen LogP) is 2.54. The van der Waals surface area contributed by atoms with Gasteiger partial charge in [-0.15, -0.1) is 0 Å². The zero-order chi connectivity index (χ0) is 19.8. The summed E-state index contributed by atoms with van der Waals surface area (Å²) in [4.78, 5) is 34.7. The molecule has 0 fully saturated rings. The lowest BCUT2D eigenvalue weighted by Crippen LogP contribution is -2.36. The van der Waals surface area contributed by atoms with E-state index < -0.39 is 22.9 Å². The first kappa shape index (κ1) is 19.9. The molecule has 0 aliphatic rings. The summed E-state index contributed by atoms with van der Waals surface area (Å²) in [6.07, 6.45) is -0.360. The minimum atomic E-state index is -1.02. The molecule has 2 N–H and O–H groups in total. The van der Waals surface area contributed by atoms with Crippen LogP contribution < -0.4 is 10.6 Å². The number of hydrogen-bond donors (Lipinski definition) is 2. The van der Waals surface area contributed by atoms with E-state index >= 15 is 0 Å². The van der Waals surface area contributed by atoms with E-state index in [2.05, 4.69) is 10.6 Å². The number of carbonyl (C=O) groups is 2. The highest BCUT2D eigenvalue weighted by Crippen LogP contribution is 2.25. The number of benzene rings is 2. The molecule has 2 aromatic carbocycles. The Morgan fingerprint density at radius 1 is 1.19 bits per heavy atom. The van der Waals surface area contributed by atoms with Crippen molar-refractivity contribution < 1.29 is 19.2 Å². The van der Waals surface area contributed by atoms with Crippen molar-refractivity contribution in [1.29, 1.82) is 0 Å². The fraction of sp³-hybridized carbons (Fsp3) is 0.263. The molecule has 2 rings (SSSR count). The quantitative estimate of drug-likeness (QED) is 0.419. The van der Waals surface area contributed by atoms with E-state index in [1.807, 2.05) is 30.3 Å². The molecule has 2 aromatic rings. The van der Waals surface area contributed by atoms with Gasteiger partial charge in [0.15, 0.2) is 6.10 Å². The van der Waals surface area contributed by atoms with Crippen molar-refractivity contribution in [2.45, 2.75) is 19.4 Å². The number of anilines is 1. The number of esters is 1. The van der Waals surface area contributed by atoms with Crippen molar-refractivity contribution in [3.8, 4) is 0 Å². The normalized spacial score (nSPS) is 11.3. The Morgan fingerprint density at radius 2 is 1.89 bits per heavy atom. The fourth-order valence-electron chi connectivity index (χ4n) is 2.42. The monoisotopic (exact) mass is 371 g/mol. The Hall–Kier alpha value is -3.42. The van der Waals surface area contributed by atoms with Crippen LogP contribution in [0.1, 0.15) is 22.8 Å². The number of amides is 1. The summed E-state index contributed by atoms with van der Waals surface area (Å²) in [7, 11) is 1.54. The van der Waals surface area contributed by atoms with Crippen LogP contribution in [0.5, 0.6) is 0 Å². The van der Waals surface area contributed by atoms with Crippen LogP contribution in [0.15, 0.2) is 48.5 Å². The predicted molar refractivity (Wildman–Crippen MR) is 101 cm³/mol. The first-order chi connectivity index (χ1) is 12.9. The minimum Gasteiger partial charge on any atom is -0.449 e. The molecule has 0 saturated carbocycles. The first-order valence-corrected chi connectivity index (χ1v) is 8.41. The van der Waals surface area contributed by atoms with Gasteiger partial charge in [-0.2, -0.15) is 0 Å². The van der Waals surface area contributed by atoms with Crippen LogP contribution in [0.3, 0.4) is 0 Å². The van der Waals surface area contributed by atoms with Gasteiger partial charge < -0.3 is 15.4 Å². The molecule has 0 aliphatic carbocycles. The third-order valence-electron chi connectivity index (χ3n) is 3.91. The molecule has 0 bridgehead atoms. The molecule has 0 saturated heterocycles. The lowest BCUT2D eigenvalue weighted by Gasteiger charge is -2.14. The number of nitrogens with one attached hydrogen (secondary N) is 2. The van der Waals surface area contributed by atoms with Gasteiger partial charge in [0.2, 0.25) is 0 Å². The number of nitrogens with zero attached hydrogens (tertiary/aromatic N) is 1. The van der Waals surface area contributed by atoms with Crippen LogP contribution in [0.25, 0.3) is 0 Å². The maximum absolute atomic E-state index is 12.2. The molecule has 0 spiro atoms. The second kappa shape index (κ2) is 9.33. The molecule has 1 unspecified atom stereocenters. The summed E-state index contributed by atoms with van der Waals surface area (Å²) in [5.41, 5.74) is 1.12. The Kier molecular flexibility index (Phi) is 6.87. The molecule has 1 amide bonds. The molecule has 8 heteroatoms. The first-order valence-electron chi connectivity index (χ1n) is 8.41. The van der Waals surface area contributed by atoms with E-state index in [-0.39, 0.29) is 16.9 Å². The van der Waals surface area contributed by atoms with Crippen LogP contribution >= 0.6 is 0 Å². The molecule has 142 valence electrons. The Morgan fingerprint density at radius 3 is 2.52 bits per heavy atom. The standard InChI is InChI=1S/C19H21N3O5/c1-13(18(23)21-11-10-14-6-4-3-5-7-14)27-19(24)15-8-9-16(20-2)17(12-15)22(25)26/h3-9,12-13,20H,10-11H2,1-2H3,(H,21,23). The molecule has 0 aromatic heterocycles. The molecule has 27 heavy (non-hydrogen) atoms. The molecule has 0 aliphatic heterocycles. The van der Waals surface area contributed by atoms with Gasteiger partial charge in [-0.05, 0) is 31.0 Å². The van der Waals surface area contributed by atoms with Crippen molar-refractivity contribution in [1.82, 2.24) is 5.32 Å². The van der Waals surface area contributed by atoms with E-state index in [1.165, 1.54) is 19.1 Å². The molecule has 1 atom stereocenters. The van der Waals surface area contributed by atoms with Gasteiger partial charge in [0.1, 0.15) is 5.69 Å². The molecule has 8 nitrogen and oxygen atoms in total.